The van der Waals surface area contributed by atoms with Crippen LogP contribution in [0.4, 0.5) is 0 Å². The summed E-state index contributed by atoms with van der Waals surface area (Å²) in [6, 6.07) is 16.1. The van der Waals surface area contributed by atoms with Crippen LogP contribution in [0.1, 0.15) is 11.1 Å². The van der Waals surface area contributed by atoms with Gasteiger partial charge in [0.15, 0.2) is 0 Å². The third-order valence-corrected chi connectivity index (χ3v) is 3.66. The molecule has 0 aliphatic heterocycles. The van der Waals surface area contributed by atoms with E-state index in [2.05, 4.69) is 50.4 Å². The summed E-state index contributed by atoms with van der Waals surface area (Å²) < 4.78 is 1.04. The Morgan fingerprint density at radius 3 is 2.55 bits per heavy atom. The maximum absolute atomic E-state index is 4.43. The van der Waals surface area contributed by atoms with Crippen LogP contribution >= 0.6 is 15.9 Å². The second-order valence-electron chi connectivity index (χ2n) is 4.58. The Morgan fingerprint density at radius 1 is 1.05 bits per heavy atom. The van der Waals surface area contributed by atoms with Gasteiger partial charge in [0.05, 0.1) is 6.54 Å². The number of aryl methyl sites for hydroxylation is 1. The number of hydrogen-bond acceptors (Lipinski definition) is 3. The van der Waals surface area contributed by atoms with Crippen molar-refractivity contribution >= 4 is 15.9 Å². The molecule has 0 fully saturated rings. The molecule has 4 nitrogen and oxygen atoms in total. The van der Waals surface area contributed by atoms with E-state index in [9.17, 15) is 0 Å². The molecule has 0 amide bonds. The second-order valence-corrected chi connectivity index (χ2v) is 5.49. The maximum atomic E-state index is 4.43. The zero-order chi connectivity index (χ0) is 13.9. The van der Waals surface area contributed by atoms with E-state index in [0.29, 0.717) is 12.4 Å². The Kier molecular flexibility index (Phi) is 3.60. The normalized spacial score (nSPS) is 10.7. The monoisotopic (exact) mass is 328 g/mol. The average molecular weight is 329 g/mol. The fourth-order valence-corrected chi connectivity index (χ4v) is 2.23. The molecule has 0 spiro atoms. The van der Waals surface area contributed by atoms with Crippen molar-refractivity contribution in [2.24, 2.45) is 0 Å². The van der Waals surface area contributed by atoms with Gasteiger partial charge in [0, 0.05) is 10.0 Å². The predicted molar refractivity (Wildman–Crippen MR) is 81.2 cm³/mol. The van der Waals surface area contributed by atoms with Crippen LogP contribution in [-0.4, -0.2) is 20.2 Å². The van der Waals surface area contributed by atoms with Gasteiger partial charge in [-0.1, -0.05) is 40.2 Å². The molecule has 0 saturated carbocycles. The number of tetrazole rings is 1. The van der Waals surface area contributed by atoms with Crippen LogP contribution in [0.3, 0.4) is 0 Å². The lowest BCUT2D eigenvalue weighted by molar-refractivity contribution is 0.571. The van der Waals surface area contributed by atoms with E-state index in [1.807, 2.05) is 36.4 Å². The Labute approximate surface area is 125 Å². The van der Waals surface area contributed by atoms with Gasteiger partial charge in [-0.3, -0.25) is 0 Å². The molecule has 1 aromatic heterocycles. The largest absolute Gasteiger partial charge is 0.204 e. The SMILES string of the molecule is Cc1ccccc1Cn1nnc(-c2ccc(Br)cc2)n1. The number of hydrogen-bond donors (Lipinski definition) is 0. The van der Waals surface area contributed by atoms with Crippen LogP contribution in [0.5, 0.6) is 0 Å². The Morgan fingerprint density at radius 2 is 1.80 bits per heavy atom. The van der Waals surface area contributed by atoms with Crippen molar-refractivity contribution < 1.29 is 0 Å². The number of nitrogens with zero attached hydrogens (tertiary/aromatic N) is 4. The summed E-state index contributed by atoms with van der Waals surface area (Å²) in [5, 5.41) is 12.6. The van der Waals surface area contributed by atoms with Crippen molar-refractivity contribution in [1.29, 1.82) is 0 Å². The molecule has 0 atom stereocenters. The van der Waals surface area contributed by atoms with Gasteiger partial charge < -0.3 is 0 Å². The first-order valence-electron chi connectivity index (χ1n) is 6.30. The van der Waals surface area contributed by atoms with Gasteiger partial charge in [0.25, 0.3) is 0 Å². The van der Waals surface area contributed by atoms with Gasteiger partial charge in [-0.25, -0.2) is 0 Å². The summed E-state index contributed by atoms with van der Waals surface area (Å²) in [4.78, 5) is 1.62. The zero-order valence-corrected chi connectivity index (χ0v) is 12.6. The highest BCUT2D eigenvalue weighted by atomic mass is 79.9. The Balaban J connectivity index is 1.84. The van der Waals surface area contributed by atoms with Crippen LogP contribution < -0.4 is 0 Å². The molecule has 0 bridgehead atoms. The molecule has 100 valence electrons. The van der Waals surface area contributed by atoms with Crippen molar-refractivity contribution in [3.05, 3.63) is 64.1 Å². The fourth-order valence-electron chi connectivity index (χ4n) is 1.96. The predicted octanol–water partition coefficient (Wildman–Crippen LogP) is 3.46. The maximum Gasteiger partial charge on any atom is 0.204 e. The van der Waals surface area contributed by atoms with Crippen molar-refractivity contribution in [3.63, 3.8) is 0 Å². The molecule has 0 unspecified atom stereocenters. The van der Waals surface area contributed by atoms with E-state index in [0.717, 1.165) is 10.0 Å². The Hall–Kier alpha value is -2.01. The van der Waals surface area contributed by atoms with Crippen LogP contribution in [-0.2, 0) is 6.54 Å². The first-order valence-corrected chi connectivity index (χ1v) is 7.10. The standard InChI is InChI=1S/C15H13BrN4/c1-11-4-2-3-5-13(11)10-20-18-15(17-19-20)12-6-8-14(16)9-7-12/h2-9H,10H2,1H3. The summed E-state index contributed by atoms with van der Waals surface area (Å²) in [5.74, 6) is 0.645. The quantitative estimate of drug-likeness (QED) is 0.739. The minimum atomic E-state index is 0.635. The second kappa shape index (κ2) is 5.54. The topological polar surface area (TPSA) is 43.6 Å². The van der Waals surface area contributed by atoms with Gasteiger partial charge in [0.2, 0.25) is 5.82 Å². The summed E-state index contributed by atoms with van der Waals surface area (Å²) >= 11 is 3.41. The lowest BCUT2D eigenvalue weighted by Crippen LogP contribution is -2.05. The van der Waals surface area contributed by atoms with Gasteiger partial charge >= 0.3 is 0 Å². The Bertz CT molecular complexity index is 719. The van der Waals surface area contributed by atoms with Crippen molar-refractivity contribution in [2.45, 2.75) is 13.5 Å². The summed E-state index contributed by atoms with van der Waals surface area (Å²) in [7, 11) is 0. The van der Waals surface area contributed by atoms with E-state index in [1.54, 1.807) is 4.80 Å². The van der Waals surface area contributed by atoms with Gasteiger partial charge in [-0.05, 0) is 47.5 Å². The molecule has 0 N–H and O–H groups in total. The van der Waals surface area contributed by atoms with Crippen molar-refractivity contribution in [3.8, 4) is 11.4 Å². The van der Waals surface area contributed by atoms with E-state index in [1.165, 1.54) is 11.1 Å². The lowest BCUT2D eigenvalue weighted by Gasteiger charge is -2.03. The summed E-state index contributed by atoms with van der Waals surface area (Å²) in [6.45, 7) is 2.72. The molecule has 0 radical (unpaired) electrons. The number of benzene rings is 2. The van der Waals surface area contributed by atoms with E-state index < -0.39 is 0 Å². The smallest absolute Gasteiger partial charge is 0.159 e. The zero-order valence-electron chi connectivity index (χ0n) is 11.0. The van der Waals surface area contributed by atoms with Gasteiger partial charge in [-0.2, -0.15) is 4.80 Å². The molecule has 5 heteroatoms. The number of aromatic nitrogens is 4. The molecule has 20 heavy (non-hydrogen) atoms. The van der Waals surface area contributed by atoms with Crippen molar-refractivity contribution in [2.75, 3.05) is 0 Å². The fraction of sp³-hybridized carbons (Fsp3) is 0.133. The molecule has 0 aliphatic rings. The number of rotatable bonds is 3. The van der Waals surface area contributed by atoms with E-state index in [-0.39, 0.29) is 0 Å². The third kappa shape index (κ3) is 2.77. The number of halogens is 1. The molecule has 3 aromatic rings. The molecule has 3 rings (SSSR count). The highest BCUT2D eigenvalue weighted by molar-refractivity contribution is 9.10. The van der Waals surface area contributed by atoms with Crippen LogP contribution in [0.15, 0.2) is 53.0 Å². The minimum absolute atomic E-state index is 0.635. The highest BCUT2D eigenvalue weighted by Gasteiger charge is 2.07. The molecular weight excluding hydrogens is 316 g/mol. The average Bonchev–Trinajstić information content (AvgIpc) is 2.91. The molecule has 2 aromatic carbocycles. The third-order valence-electron chi connectivity index (χ3n) is 3.13. The van der Waals surface area contributed by atoms with E-state index >= 15 is 0 Å². The molecule has 1 heterocycles. The molecular formula is C15H13BrN4. The molecule has 0 aliphatic carbocycles. The first-order chi connectivity index (χ1) is 9.72. The van der Waals surface area contributed by atoms with E-state index in [4.69, 9.17) is 0 Å². The van der Waals surface area contributed by atoms with Crippen LogP contribution in [0.25, 0.3) is 11.4 Å². The van der Waals surface area contributed by atoms with Crippen LogP contribution in [0, 0.1) is 6.92 Å². The lowest BCUT2D eigenvalue weighted by atomic mass is 10.1. The minimum Gasteiger partial charge on any atom is -0.159 e. The van der Waals surface area contributed by atoms with Gasteiger partial charge in [0.1, 0.15) is 0 Å². The molecule has 0 saturated heterocycles. The first kappa shape index (κ1) is 13.0. The van der Waals surface area contributed by atoms with Crippen molar-refractivity contribution in [1.82, 2.24) is 20.2 Å². The van der Waals surface area contributed by atoms with Crippen LogP contribution in [0.2, 0.25) is 0 Å². The summed E-state index contributed by atoms with van der Waals surface area (Å²) in [6.07, 6.45) is 0. The summed E-state index contributed by atoms with van der Waals surface area (Å²) in [5.41, 5.74) is 3.39. The highest BCUT2D eigenvalue weighted by Crippen LogP contribution is 2.17. The van der Waals surface area contributed by atoms with Gasteiger partial charge in [-0.15, -0.1) is 10.2 Å².